The first-order valence-corrected chi connectivity index (χ1v) is 4.31. The predicted octanol–water partition coefficient (Wildman–Crippen LogP) is 0.128. The van der Waals surface area contributed by atoms with Crippen molar-refractivity contribution in [2.75, 3.05) is 7.05 Å². The summed E-state index contributed by atoms with van der Waals surface area (Å²) in [7, 11) is 1.72. The van der Waals surface area contributed by atoms with E-state index < -0.39 is 6.29 Å². The van der Waals surface area contributed by atoms with Crippen molar-refractivity contribution in [2.24, 2.45) is 0 Å². The maximum atomic E-state index is 8.97. The van der Waals surface area contributed by atoms with E-state index in [9.17, 15) is 0 Å². The van der Waals surface area contributed by atoms with Gasteiger partial charge in [0.1, 0.15) is 0 Å². The van der Waals surface area contributed by atoms with Crippen LogP contribution in [0.5, 0.6) is 0 Å². The molecule has 0 saturated carbocycles. The molecule has 0 aliphatic carbocycles. The van der Waals surface area contributed by atoms with E-state index in [-0.39, 0.29) is 6.04 Å². The Morgan fingerprint density at radius 2 is 1.85 bits per heavy atom. The van der Waals surface area contributed by atoms with Gasteiger partial charge >= 0.3 is 0 Å². The lowest BCUT2D eigenvalue weighted by Gasteiger charge is -2.17. The molecule has 1 aromatic rings. The molecule has 0 saturated heterocycles. The van der Waals surface area contributed by atoms with Gasteiger partial charge < -0.3 is 15.5 Å². The minimum absolute atomic E-state index is 0.303. The van der Waals surface area contributed by atoms with Crippen molar-refractivity contribution in [3.05, 3.63) is 35.9 Å². The molecule has 0 radical (unpaired) electrons. The van der Waals surface area contributed by atoms with Crippen molar-refractivity contribution >= 4 is 0 Å². The molecule has 3 N–H and O–H groups in total. The second-order valence-corrected chi connectivity index (χ2v) is 3.00. The van der Waals surface area contributed by atoms with Crippen LogP contribution >= 0.6 is 0 Å². The van der Waals surface area contributed by atoms with Gasteiger partial charge in [0.25, 0.3) is 0 Å². The van der Waals surface area contributed by atoms with Crippen LogP contribution in [0.1, 0.15) is 5.56 Å². The first-order valence-electron chi connectivity index (χ1n) is 4.31. The van der Waals surface area contributed by atoms with E-state index in [2.05, 4.69) is 5.32 Å². The summed E-state index contributed by atoms with van der Waals surface area (Å²) in [6.45, 7) is 0. The molecule has 3 heteroatoms. The van der Waals surface area contributed by atoms with E-state index in [1.54, 1.807) is 7.05 Å². The number of likely N-dealkylation sites (N-methyl/N-ethyl adjacent to an activating group) is 1. The number of aliphatic hydroxyl groups excluding tert-OH is 1. The fourth-order valence-corrected chi connectivity index (χ4v) is 1.22. The first kappa shape index (κ1) is 10.2. The lowest BCUT2D eigenvalue weighted by molar-refractivity contribution is -0.0650. The van der Waals surface area contributed by atoms with Gasteiger partial charge in [-0.05, 0) is 19.0 Å². The molecular formula is C10H15NO2. The SMILES string of the molecule is CN[C@@H](Cc1ccccc1)C(O)O. The molecule has 0 spiro atoms. The molecule has 0 bridgehead atoms. The number of rotatable bonds is 4. The average Bonchev–Trinajstić information content (AvgIpc) is 2.15. The number of benzene rings is 1. The van der Waals surface area contributed by atoms with Crippen molar-refractivity contribution in [1.29, 1.82) is 0 Å². The molecule has 0 amide bonds. The standard InChI is InChI=1S/C10H15NO2/c1-11-9(10(12)13)7-8-5-3-2-4-6-8/h2-6,9-13H,7H2,1H3/t9-/m0/s1. The number of nitrogens with one attached hydrogen (secondary N) is 1. The smallest absolute Gasteiger partial charge is 0.167 e. The average molecular weight is 181 g/mol. The summed E-state index contributed by atoms with van der Waals surface area (Å²) in [6, 6.07) is 9.44. The third-order valence-electron chi connectivity index (χ3n) is 2.03. The molecule has 1 atom stereocenters. The van der Waals surface area contributed by atoms with Crippen LogP contribution in [0, 0.1) is 0 Å². The number of aliphatic hydroxyl groups is 2. The topological polar surface area (TPSA) is 52.5 Å². The first-order chi connectivity index (χ1) is 6.24. The van der Waals surface area contributed by atoms with Gasteiger partial charge in [-0.15, -0.1) is 0 Å². The Bertz CT molecular complexity index is 236. The molecule has 0 unspecified atom stereocenters. The van der Waals surface area contributed by atoms with E-state index in [4.69, 9.17) is 10.2 Å². The summed E-state index contributed by atoms with van der Waals surface area (Å²) in [5.41, 5.74) is 1.09. The Morgan fingerprint density at radius 1 is 1.23 bits per heavy atom. The van der Waals surface area contributed by atoms with Crippen molar-refractivity contribution in [3.8, 4) is 0 Å². The summed E-state index contributed by atoms with van der Waals surface area (Å²) in [4.78, 5) is 0. The monoisotopic (exact) mass is 181 g/mol. The Labute approximate surface area is 78.0 Å². The summed E-state index contributed by atoms with van der Waals surface area (Å²) in [5, 5.41) is 20.8. The highest BCUT2D eigenvalue weighted by Crippen LogP contribution is 2.04. The molecule has 1 aromatic carbocycles. The van der Waals surface area contributed by atoms with E-state index in [1.807, 2.05) is 30.3 Å². The van der Waals surface area contributed by atoms with Crippen molar-refractivity contribution in [2.45, 2.75) is 18.8 Å². The minimum Gasteiger partial charge on any atom is -0.367 e. The maximum Gasteiger partial charge on any atom is 0.167 e. The predicted molar refractivity (Wildman–Crippen MR) is 51.2 cm³/mol. The lowest BCUT2D eigenvalue weighted by Crippen LogP contribution is -2.39. The van der Waals surface area contributed by atoms with Crippen LogP contribution in [-0.2, 0) is 6.42 Å². The minimum atomic E-state index is -1.31. The van der Waals surface area contributed by atoms with E-state index in [1.165, 1.54) is 0 Å². The van der Waals surface area contributed by atoms with Crippen LogP contribution in [-0.4, -0.2) is 29.6 Å². The van der Waals surface area contributed by atoms with Crippen LogP contribution in [0.2, 0.25) is 0 Å². The molecule has 0 aliphatic rings. The summed E-state index contributed by atoms with van der Waals surface area (Å²) in [6.07, 6.45) is -0.695. The highest BCUT2D eigenvalue weighted by molar-refractivity contribution is 5.15. The maximum absolute atomic E-state index is 8.97. The summed E-state index contributed by atoms with van der Waals surface area (Å²) in [5.74, 6) is 0. The Hall–Kier alpha value is -0.900. The van der Waals surface area contributed by atoms with Gasteiger partial charge in [0.15, 0.2) is 6.29 Å². The second-order valence-electron chi connectivity index (χ2n) is 3.00. The van der Waals surface area contributed by atoms with Crippen LogP contribution in [0.4, 0.5) is 0 Å². The van der Waals surface area contributed by atoms with Crippen molar-refractivity contribution < 1.29 is 10.2 Å². The fourth-order valence-electron chi connectivity index (χ4n) is 1.22. The van der Waals surface area contributed by atoms with Gasteiger partial charge in [0.2, 0.25) is 0 Å². The summed E-state index contributed by atoms with van der Waals surface area (Å²) >= 11 is 0. The van der Waals surface area contributed by atoms with Crippen LogP contribution in [0.25, 0.3) is 0 Å². The van der Waals surface area contributed by atoms with Gasteiger partial charge in [-0.3, -0.25) is 0 Å². The van der Waals surface area contributed by atoms with Gasteiger partial charge in [-0.2, -0.15) is 0 Å². The van der Waals surface area contributed by atoms with Crippen LogP contribution in [0.3, 0.4) is 0 Å². The van der Waals surface area contributed by atoms with Crippen molar-refractivity contribution in [1.82, 2.24) is 5.32 Å². The molecule has 3 nitrogen and oxygen atoms in total. The van der Waals surface area contributed by atoms with E-state index in [0.29, 0.717) is 6.42 Å². The van der Waals surface area contributed by atoms with Gasteiger partial charge in [0, 0.05) is 0 Å². The second kappa shape index (κ2) is 4.97. The zero-order valence-electron chi connectivity index (χ0n) is 7.64. The van der Waals surface area contributed by atoms with E-state index in [0.717, 1.165) is 5.56 Å². The zero-order valence-corrected chi connectivity index (χ0v) is 7.64. The normalized spacial score (nSPS) is 13.2. The highest BCUT2D eigenvalue weighted by atomic mass is 16.5. The molecule has 0 aromatic heterocycles. The molecule has 0 fully saturated rings. The fraction of sp³-hybridized carbons (Fsp3) is 0.400. The van der Waals surface area contributed by atoms with Gasteiger partial charge in [-0.25, -0.2) is 0 Å². The molecule has 0 heterocycles. The lowest BCUT2D eigenvalue weighted by atomic mass is 10.1. The highest BCUT2D eigenvalue weighted by Gasteiger charge is 2.13. The van der Waals surface area contributed by atoms with Crippen LogP contribution in [0.15, 0.2) is 30.3 Å². The molecule has 13 heavy (non-hydrogen) atoms. The number of hydrogen-bond donors (Lipinski definition) is 3. The van der Waals surface area contributed by atoms with E-state index >= 15 is 0 Å². The Kier molecular flexibility index (Phi) is 3.89. The van der Waals surface area contributed by atoms with Gasteiger partial charge in [0.05, 0.1) is 6.04 Å². The third-order valence-corrected chi connectivity index (χ3v) is 2.03. The van der Waals surface area contributed by atoms with Gasteiger partial charge in [-0.1, -0.05) is 30.3 Å². The number of hydrogen-bond acceptors (Lipinski definition) is 3. The quantitative estimate of drug-likeness (QED) is 0.579. The molecule has 72 valence electrons. The zero-order chi connectivity index (χ0) is 9.68. The van der Waals surface area contributed by atoms with Crippen LogP contribution < -0.4 is 5.32 Å². The Balaban J connectivity index is 2.57. The molecule has 0 aliphatic heterocycles. The summed E-state index contributed by atoms with van der Waals surface area (Å²) < 4.78 is 0. The Morgan fingerprint density at radius 3 is 2.31 bits per heavy atom. The van der Waals surface area contributed by atoms with Crippen molar-refractivity contribution in [3.63, 3.8) is 0 Å². The molecular weight excluding hydrogens is 166 g/mol. The third kappa shape index (κ3) is 3.14. The molecule has 1 rings (SSSR count). The largest absolute Gasteiger partial charge is 0.367 e.